The van der Waals surface area contributed by atoms with Gasteiger partial charge in [0.25, 0.3) is 0 Å². The van der Waals surface area contributed by atoms with Crippen LogP contribution in [0.5, 0.6) is 0 Å². The first-order chi connectivity index (χ1) is 22.4. The third kappa shape index (κ3) is 16.0. The molecular weight excluding hydrogens is 598 g/mol. The van der Waals surface area contributed by atoms with E-state index >= 15 is 0 Å². The SMILES string of the molecule is CNCCCOCCOCCOCCCNC(=O)CCCC(=O)N1CCc2c(nnn2CCOCCN(C)C)[C@H](OC)[C@@H](OC)C1. The fourth-order valence-corrected chi connectivity index (χ4v) is 4.96. The molecule has 0 fully saturated rings. The van der Waals surface area contributed by atoms with E-state index in [2.05, 4.69) is 25.8 Å². The molecule has 1 aromatic heterocycles. The first-order valence-corrected chi connectivity index (χ1v) is 16.5. The van der Waals surface area contributed by atoms with Gasteiger partial charge < -0.3 is 48.9 Å². The number of hydrogen-bond acceptors (Lipinski definition) is 12. The molecule has 0 aromatic carbocycles. The van der Waals surface area contributed by atoms with Crippen LogP contribution in [0.1, 0.15) is 49.6 Å². The summed E-state index contributed by atoms with van der Waals surface area (Å²) in [5.41, 5.74) is 1.65. The lowest BCUT2D eigenvalue weighted by atomic mass is 10.0. The molecule has 0 saturated carbocycles. The molecule has 266 valence electrons. The van der Waals surface area contributed by atoms with E-state index in [0.29, 0.717) is 91.7 Å². The van der Waals surface area contributed by atoms with Crippen molar-refractivity contribution in [3.8, 4) is 0 Å². The molecule has 2 heterocycles. The molecule has 1 aliphatic heterocycles. The molecule has 1 aliphatic rings. The van der Waals surface area contributed by atoms with Gasteiger partial charge in [-0.3, -0.25) is 9.59 Å². The van der Waals surface area contributed by atoms with Gasteiger partial charge in [0.2, 0.25) is 11.8 Å². The number of amides is 2. The van der Waals surface area contributed by atoms with Gasteiger partial charge in [-0.15, -0.1) is 5.10 Å². The first-order valence-electron chi connectivity index (χ1n) is 16.5. The van der Waals surface area contributed by atoms with Gasteiger partial charge in [-0.2, -0.15) is 0 Å². The highest BCUT2D eigenvalue weighted by molar-refractivity contribution is 5.79. The monoisotopic (exact) mass is 657 g/mol. The maximum absolute atomic E-state index is 13.2. The lowest BCUT2D eigenvalue weighted by Gasteiger charge is -2.33. The summed E-state index contributed by atoms with van der Waals surface area (Å²) in [4.78, 5) is 29.4. The van der Waals surface area contributed by atoms with Crippen molar-refractivity contribution < 1.29 is 38.0 Å². The number of fused-ring (bicyclic) bond motifs is 1. The molecule has 0 aliphatic carbocycles. The van der Waals surface area contributed by atoms with Crippen molar-refractivity contribution >= 4 is 11.8 Å². The zero-order valence-corrected chi connectivity index (χ0v) is 28.8. The average molecular weight is 658 g/mol. The molecule has 0 bridgehead atoms. The van der Waals surface area contributed by atoms with Crippen LogP contribution in [-0.4, -0.2) is 164 Å². The molecule has 1 aromatic rings. The number of carbonyl (C=O) groups excluding carboxylic acids is 2. The first kappa shape index (κ1) is 39.9. The molecule has 0 spiro atoms. The Kier molecular flexibility index (Phi) is 21.6. The summed E-state index contributed by atoms with van der Waals surface area (Å²) >= 11 is 0. The van der Waals surface area contributed by atoms with Crippen LogP contribution in [0.2, 0.25) is 0 Å². The van der Waals surface area contributed by atoms with Crippen molar-refractivity contribution in [2.24, 2.45) is 0 Å². The summed E-state index contributed by atoms with van der Waals surface area (Å²) in [6.45, 7) is 8.32. The fourth-order valence-electron chi connectivity index (χ4n) is 4.96. The maximum atomic E-state index is 13.2. The Morgan fingerprint density at radius 1 is 0.870 bits per heavy atom. The van der Waals surface area contributed by atoms with Gasteiger partial charge in [-0.25, -0.2) is 4.68 Å². The van der Waals surface area contributed by atoms with E-state index in [9.17, 15) is 9.59 Å². The second-order valence-electron chi connectivity index (χ2n) is 11.4. The number of nitrogens with zero attached hydrogens (tertiary/aromatic N) is 5. The van der Waals surface area contributed by atoms with E-state index in [0.717, 1.165) is 37.5 Å². The fraction of sp³-hybridized carbons (Fsp3) is 0.871. The number of nitrogens with one attached hydrogen (secondary N) is 2. The van der Waals surface area contributed by atoms with Gasteiger partial charge in [0.05, 0.1) is 51.9 Å². The topological polar surface area (TPSA) is 151 Å². The molecule has 15 heteroatoms. The molecule has 0 saturated heterocycles. The molecule has 2 atom stereocenters. The maximum Gasteiger partial charge on any atom is 0.222 e. The normalized spacial score (nSPS) is 16.8. The van der Waals surface area contributed by atoms with Crippen molar-refractivity contribution in [1.29, 1.82) is 0 Å². The Hall–Kier alpha value is -2.24. The summed E-state index contributed by atoms with van der Waals surface area (Å²) in [5.74, 6) is -0.0877. The van der Waals surface area contributed by atoms with Crippen LogP contribution in [0.3, 0.4) is 0 Å². The molecule has 0 unspecified atom stereocenters. The Bertz CT molecular complexity index is 952. The third-order valence-electron chi connectivity index (χ3n) is 7.57. The van der Waals surface area contributed by atoms with Crippen molar-refractivity contribution in [2.45, 2.75) is 57.3 Å². The number of methoxy groups -OCH3 is 2. The number of likely N-dealkylation sites (N-methyl/N-ethyl adjacent to an activating group) is 1. The van der Waals surface area contributed by atoms with Crippen molar-refractivity contribution in [2.75, 3.05) is 121 Å². The van der Waals surface area contributed by atoms with E-state index in [-0.39, 0.29) is 24.7 Å². The van der Waals surface area contributed by atoms with Crippen LogP contribution in [0.25, 0.3) is 0 Å². The Balaban J connectivity index is 1.65. The lowest BCUT2D eigenvalue weighted by Crippen LogP contribution is -2.44. The highest BCUT2D eigenvalue weighted by atomic mass is 16.5. The van der Waals surface area contributed by atoms with Crippen LogP contribution < -0.4 is 10.6 Å². The van der Waals surface area contributed by atoms with E-state index in [1.54, 1.807) is 19.1 Å². The zero-order valence-electron chi connectivity index (χ0n) is 28.8. The molecule has 15 nitrogen and oxygen atoms in total. The zero-order chi connectivity index (χ0) is 33.4. The van der Waals surface area contributed by atoms with Gasteiger partial charge in [-0.05, 0) is 47.0 Å². The second kappa shape index (κ2) is 24.9. The second-order valence-corrected chi connectivity index (χ2v) is 11.4. The number of hydrogen-bond donors (Lipinski definition) is 2. The molecule has 46 heavy (non-hydrogen) atoms. The number of ether oxygens (including phenoxy) is 6. The van der Waals surface area contributed by atoms with Gasteiger partial charge in [0, 0.05) is 72.9 Å². The quantitative estimate of drug-likeness (QED) is 0.132. The van der Waals surface area contributed by atoms with Gasteiger partial charge in [0.15, 0.2) is 0 Å². The summed E-state index contributed by atoms with van der Waals surface area (Å²) in [6.07, 6.45) is 2.45. The average Bonchev–Trinajstić information content (AvgIpc) is 3.42. The molecule has 2 rings (SSSR count). The largest absolute Gasteiger partial charge is 0.379 e. The van der Waals surface area contributed by atoms with E-state index < -0.39 is 12.2 Å². The molecular formula is C31H59N7O8. The standard InChI is InChI=1S/C31H59N7O8/c1-32-12-7-17-43-21-23-46-24-22-44-18-8-13-33-28(39)9-6-10-29(40)37-14-11-26-30(31(42-5)27(25-37)41-4)34-35-38(26)16-20-45-19-15-36(2)3/h27,31-32H,6-25H2,1-5H3,(H,33,39)/t27-,31+/m0/s1. The van der Waals surface area contributed by atoms with Crippen LogP contribution in [0, 0.1) is 0 Å². The highest BCUT2D eigenvalue weighted by Gasteiger charge is 2.34. The number of carbonyl (C=O) groups is 2. The van der Waals surface area contributed by atoms with E-state index in [4.69, 9.17) is 28.4 Å². The van der Waals surface area contributed by atoms with Crippen LogP contribution in [-0.2, 0) is 51.0 Å². The van der Waals surface area contributed by atoms with Crippen LogP contribution in [0.15, 0.2) is 0 Å². The van der Waals surface area contributed by atoms with Crippen LogP contribution in [0.4, 0.5) is 0 Å². The summed E-state index contributed by atoms with van der Waals surface area (Å²) in [7, 11) is 9.16. The predicted octanol–water partition coefficient (Wildman–Crippen LogP) is 0.279. The summed E-state index contributed by atoms with van der Waals surface area (Å²) in [6, 6.07) is 0. The smallest absolute Gasteiger partial charge is 0.222 e. The van der Waals surface area contributed by atoms with Gasteiger partial charge in [-0.1, -0.05) is 5.21 Å². The third-order valence-corrected chi connectivity index (χ3v) is 7.57. The Morgan fingerprint density at radius 2 is 1.54 bits per heavy atom. The molecule has 2 N–H and O–H groups in total. The Morgan fingerprint density at radius 3 is 2.20 bits per heavy atom. The van der Waals surface area contributed by atoms with E-state index in [1.807, 2.05) is 25.8 Å². The summed E-state index contributed by atoms with van der Waals surface area (Å²) < 4.78 is 35.6. The summed E-state index contributed by atoms with van der Waals surface area (Å²) in [5, 5.41) is 14.8. The number of rotatable bonds is 26. The van der Waals surface area contributed by atoms with Crippen molar-refractivity contribution in [1.82, 2.24) is 35.4 Å². The minimum Gasteiger partial charge on any atom is -0.379 e. The molecule has 0 radical (unpaired) electrons. The van der Waals surface area contributed by atoms with Crippen molar-refractivity contribution in [3.05, 3.63) is 11.4 Å². The molecule has 2 amide bonds. The van der Waals surface area contributed by atoms with E-state index in [1.165, 1.54) is 0 Å². The van der Waals surface area contributed by atoms with Gasteiger partial charge in [0.1, 0.15) is 17.9 Å². The minimum atomic E-state index is -0.459. The lowest BCUT2D eigenvalue weighted by molar-refractivity contribution is -0.135. The Labute approximate surface area is 274 Å². The van der Waals surface area contributed by atoms with Crippen LogP contribution >= 0.6 is 0 Å². The minimum absolute atomic E-state index is 0.0184. The van der Waals surface area contributed by atoms with Crippen molar-refractivity contribution in [3.63, 3.8) is 0 Å². The van der Waals surface area contributed by atoms with Gasteiger partial charge >= 0.3 is 0 Å². The number of aromatic nitrogens is 3. The predicted molar refractivity (Wildman–Crippen MR) is 173 cm³/mol. The highest BCUT2D eigenvalue weighted by Crippen LogP contribution is 2.28.